The average Bonchev–Trinajstić information content (AvgIpc) is 3.09. The van der Waals surface area contributed by atoms with Gasteiger partial charge in [0.1, 0.15) is 0 Å². The lowest BCUT2D eigenvalue weighted by Crippen LogP contribution is -2.48. The Morgan fingerprint density at radius 2 is 2.17 bits per heavy atom. The van der Waals surface area contributed by atoms with Crippen molar-refractivity contribution >= 4 is 17.4 Å². The molecule has 3 heterocycles. The van der Waals surface area contributed by atoms with Crippen LogP contribution in [-0.2, 0) is 16.1 Å². The lowest BCUT2D eigenvalue weighted by molar-refractivity contribution is -0.127. The van der Waals surface area contributed by atoms with Crippen molar-refractivity contribution in [3.8, 4) is 0 Å². The van der Waals surface area contributed by atoms with Crippen LogP contribution < -0.4 is 5.32 Å². The van der Waals surface area contributed by atoms with Crippen molar-refractivity contribution in [3.63, 3.8) is 0 Å². The van der Waals surface area contributed by atoms with E-state index in [1.165, 1.54) is 11.5 Å². The number of aromatic nitrogens is 2. The van der Waals surface area contributed by atoms with Crippen molar-refractivity contribution in [2.45, 2.75) is 58.0 Å². The third-order valence-electron chi connectivity index (χ3n) is 5.09. The summed E-state index contributed by atoms with van der Waals surface area (Å²) in [5.74, 6) is 0.620. The predicted octanol–water partition coefficient (Wildman–Crippen LogP) is 2.17. The number of ether oxygens (including phenoxy) is 1. The first kappa shape index (κ1) is 17.8. The fraction of sp³-hybridized carbons (Fsp3) is 0.824. The molecule has 0 bridgehead atoms. The van der Waals surface area contributed by atoms with Gasteiger partial charge in [0, 0.05) is 25.8 Å². The molecule has 2 aliphatic heterocycles. The van der Waals surface area contributed by atoms with E-state index >= 15 is 0 Å². The number of hydrogen-bond donors (Lipinski definition) is 1. The van der Waals surface area contributed by atoms with Crippen molar-refractivity contribution in [2.75, 3.05) is 26.3 Å². The van der Waals surface area contributed by atoms with Crippen LogP contribution in [0.2, 0.25) is 0 Å². The van der Waals surface area contributed by atoms with Crippen LogP contribution in [0.25, 0.3) is 0 Å². The van der Waals surface area contributed by atoms with Crippen LogP contribution in [0.15, 0.2) is 0 Å². The second kappa shape index (κ2) is 8.36. The largest absolute Gasteiger partial charge is 0.381 e. The summed E-state index contributed by atoms with van der Waals surface area (Å²) in [6.45, 7) is 8.48. The highest BCUT2D eigenvalue weighted by molar-refractivity contribution is 7.05. The van der Waals surface area contributed by atoms with Crippen molar-refractivity contribution in [1.29, 1.82) is 0 Å². The van der Waals surface area contributed by atoms with E-state index in [4.69, 9.17) is 4.74 Å². The number of rotatable bonds is 5. The maximum Gasteiger partial charge on any atom is 0.224 e. The predicted molar refractivity (Wildman–Crippen MR) is 94.0 cm³/mol. The van der Waals surface area contributed by atoms with Crippen LogP contribution in [0.5, 0.6) is 0 Å². The summed E-state index contributed by atoms with van der Waals surface area (Å²) in [6, 6.07) is 0.590. The van der Waals surface area contributed by atoms with Crippen molar-refractivity contribution < 1.29 is 9.53 Å². The summed E-state index contributed by atoms with van der Waals surface area (Å²) >= 11 is 1.39. The second-order valence-corrected chi connectivity index (χ2v) is 7.97. The molecule has 6 nitrogen and oxygen atoms in total. The molecule has 1 aromatic heterocycles. The minimum atomic E-state index is 0.102. The zero-order valence-corrected chi connectivity index (χ0v) is 15.5. The second-order valence-electron chi connectivity index (χ2n) is 7.13. The van der Waals surface area contributed by atoms with Gasteiger partial charge in [-0.05, 0) is 49.7 Å². The number of carbonyl (C=O) groups excluding carboxylic acids is 1. The van der Waals surface area contributed by atoms with E-state index in [-0.39, 0.29) is 11.8 Å². The van der Waals surface area contributed by atoms with Crippen LogP contribution in [-0.4, -0.2) is 52.7 Å². The van der Waals surface area contributed by atoms with E-state index in [1.54, 1.807) is 0 Å². The van der Waals surface area contributed by atoms with Gasteiger partial charge in [-0.15, -0.1) is 5.10 Å². The molecule has 0 spiro atoms. The van der Waals surface area contributed by atoms with Crippen LogP contribution in [0.4, 0.5) is 0 Å². The average molecular weight is 353 g/mol. The van der Waals surface area contributed by atoms with E-state index in [0.717, 1.165) is 62.6 Å². The zero-order chi connectivity index (χ0) is 16.9. The van der Waals surface area contributed by atoms with E-state index < -0.39 is 0 Å². The summed E-state index contributed by atoms with van der Waals surface area (Å²) < 4.78 is 9.49. The minimum Gasteiger partial charge on any atom is -0.381 e. The molecule has 0 saturated carbocycles. The fourth-order valence-electron chi connectivity index (χ4n) is 3.69. The molecule has 0 aromatic carbocycles. The molecule has 2 fully saturated rings. The summed E-state index contributed by atoms with van der Waals surface area (Å²) in [7, 11) is 0. The molecule has 24 heavy (non-hydrogen) atoms. The number of likely N-dealkylation sites (tertiary alicyclic amines) is 1. The zero-order valence-electron chi connectivity index (χ0n) is 14.7. The molecule has 3 rings (SSSR count). The third-order valence-corrected chi connectivity index (χ3v) is 5.82. The molecule has 2 aliphatic rings. The number of amides is 1. The molecule has 1 atom stereocenters. The van der Waals surface area contributed by atoms with E-state index in [0.29, 0.717) is 18.5 Å². The Morgan fingerprint density at radius 3 is 2.92 bits per heavy atom. The Labute approximate surface area is 148 Å². The lowest BCUT2D eigenvalue weighted by Gasteiger charge is -2.39. The standard InChI is InChI=1S/C17H28N4O2S/c1-12(2)16-15(24-20-19-16)10-18-17(22)13-4-3-7-21(11-13)14-5-8-23-9-6-14/h12-14H,3-11H2,1-2H3,(H,18,22)/t13-/m0/s1. The number of carbonyl (C=O) groups is 1. The van der Waals surface area contributed by atoms with E-state index in [9.17, 15) is 4.79 Å². The molecule has 1 aromatic rings. The monoisotopic (exact) mass is 352 g/mol. The SMILES string of the molecule is CC(C)c1nnsc1CNC(=O)[C@H]1CCCN(C2CCOCC2)C1. The number of hydrogen-bond acceptors (Lipinski definition) is 6. The fourth-order valence-corrected chi connectivity index (χ4v) is 4.42. The van der Waals surface area contributed by atoms with Gasteiger partial charge >= 0.3 is 0 Å². The quantitative estimate of drug-likeness (QED) is 0.880. The Bertz CT molecular complexity index is 542. The van der Waals surface area contributed by atoms with Crippen LogP contribution in [0.3, 0.4) is 0 Å². The molecule has 2 saturated heterocycles. The highest BCUT2D eigenvalue weighted by atomic mass is 32.1. The molecular weight excluding hydrogens is 324 g/mol. The molecule has 0 aliphatic carbocycles. The number of piperidine rings is 1. The highest BCUT2D eigenvalue weighted by Crippen LogP contribution is 2.24. The minimum absolute atomic E-state index is 0.102. The Morgan fingerprint density at radius 1 is 1.38 bits per heavy atom. The van der Waals surface area contributed by atoms with Gasteiger partial charge in [0.05, 0.1) is 23.0 Å². The van der Waals surface area contributed by atoms with Gasteiger partial charge < -0.3 is 10.1 Å². The molecule has 7 heteroatoms. The maximum atomic E-state index is 12.6. The van der Waals surface area contributed by atoms with Crippen LogP contribution in [0.1, 0.15) is 56.0 Å². The van der Waals surface area contributed by atoms with Gasteiger partial charge in [-0.25, -0.2) is 0 Å². The van der Waals surface area contributed by atoms with Crippen molar-refractivity contribution in [3.05, 3.63) is 10.6 Å². The molecule has 0 radical (unpaired) electrons. The van der Waals surface area contributed by atoms with E-state index in [1.807, 2.05) is 0 Å². The smallest absolute Gasteiger partial charge is 0.224 e. The van der Waals surface area contributed by atoms with Gasteiger partial charge in [-0.2, -0.15) is 0 Å². The van der Waals surface area contributed by atoms with Gasteiger partial charge in [0.2, 0.25) is 5.91 Å². The summed E-state index contributed by atoms with van der Waals surface area (Å²) in [5, 5.41) is 7.29. The molecule has 1 amide bonds. The maximum absolute atomic E-state index is 12.6. The van der Waals surface area contributed by atoms with Crippen molar-refractivity contribution in [1.82, 2.24) is 19.8 Å². The molecule has 134 valence electrons. The first-order valence-electron chi connectivity index (χ1n) is 9.05. The molecule has 0 unspecified atom stereocenters. The van der Waals surface area contributed by atoms with Gasteiger partial charge in [0.25, 0.3) is 0 Å². The summed E-state index contributed by atoms with van der Waals surface area (Å²) in [5.41, 5.74) is 1.01. The summed E-state index contributed by atoms with van der Waals surface area (Å²) in [6.07, 6.45) is 4.29. The van der Waals surface area contributed by atoms with Crippen molar-refractivity contribution in [2.24, 2.45) is 5.92 Å². The Balaban J connectivity index is 1.51. The number of nitrogens with one attached hydrogen (secondary N) is 1. The lowest BCUT2D eigenvalue weighted by atomic mass is 9.94. The Kier molecular flexibility index (Phi) is 6.19. The first-order chi connectivity index (χ1) is 11.6. The normalized spacial score (nSPS) is 23.5. The third kappa shape index (κ3) is 4.32. The highest BCUT2D eigenvalue weighted by Gasteiger charge is 2.30. The van der Waals surface area contributed by atoms with Gasteiger partial charge in [0.15, 0.2) is 0 Å². The number of nitrogens with zero attached hydrogens (tertiary/aromatic N) is 3. The van der Waals surface area contributed by atoms with Crippen LogP contribution in [0, 0.1) is 5.92 Å². The van der Waals surface area contributed by atoms with Gasteiger partial charge in [-0.3, -0.25) is 9.69 Å². The Hall–Kier alpha value is -1.05. The van der Waals surface area contributed by atoms with Crippen LogP contribution >= 0.6 is 11.5 Å². The molecular formula is C17H28N4O2S. The van der Waals surface area contributed by atoms with Gasteiger partial charge in [-0.1, -0.05) is 18.3 Å². The molecule has 1 N–H and O–H groups in total. The topological polar surface area (TPSA) is 67.4 Å². The summed E-state index contributed by atoms with van der Waals surface area (Å²) in [4.78, 5) is 16.2. The first-order valence-corrected chi connectivity index (χ1v) is 9.83. The van der Waals surface area contributed by atoms with E-state index in [2.05, 4.69) is 33.7 Å².